The molecular formula is C50H58N8O7. The Hall–Kier alpha value is -7.00. The molecule has 6 heterocycles. The van der Waals surface area contributed by atoms with Gasteiger partial charge in [-0.1, -0.05) is 36.4 Å². The smallest absolute Gasteiger partial charge is 0.336 e. The van der Waals surface area contributed by atoms with E-state index in [2.05, 4.69) is 49.1 Å². The normalized spacial score (nSPS) is 18.0. The molecule has 4 aromatic heterocycles. The number of pyridine rings is 2. The van der Waals surface area contributed by atoms with E-state index >= 15 is 0 Å². The number of hydrogen-bond acceptors (Lipinski definition) is 13. The van der Waals surface area contributed by atoms with Crippen molar-refractivity contribution in [2.24, 2.45) is 0 Å². The number of hydrogen-bond donors (Lipinski definition) is 2. The van der Waals surface area contributed by atoms with E-state index in [0.29, 0.717) is 47.1 Å². The van der Waals surface area contributed by atoms with Crippen molar-refractivity contribution in [3.63, 3.8) is 0 Å². The first-order valence-electron chi connectivity index (χ1n) is 22.0. The Morgan fingerprint density at radius 2 is 1.11 bits per heavy atom. The van der Waals surface area contributed by atoms with Crippen LogP contribution in [0.4, 0.5) is 0 Å². The van der Waals surface area contributed by atoms with Gasteiger partial charge in [-0.2, -0.15) is 0 Å². The molecule has 0 aliphatic carbocycles. The fourth-order valence-electron chi connectivity index (χ4n) is 7.23. The average Bonchev–Trinajstić information content (AvgIpc) is 3.31. The van der Waals surface area contributed by atoms with Crippen LogP contribution in [0, 0.1) is 0 Å². The Morgan fingerprint density at radius 3 is 1.62 bits per heavy atom. The molecule has 0 spiro atoms. The molecule has 0 unspecified atom stereocenters. The number of benzene rings is 2. The first kappa shape index (κ1) is 47.5. The molecule has 2 aliphatic rings. The maximum atomic E-state index is 13.6. The minimum absolute atomic E-state index is 0.0429. The van der Waals surface area contributed by atoms with E-state index in [0.717, 1.165) is 49.3 Å². The van der Waals surface area contributed by atoms with Crippen molar-refractivity contribution in [3.05, 3.63) is 133 Å². The SMILES string of the molecule is CC(C)Oc1ccnc(O[C@@H]2CC[C@@H](C)N(C(=O)c3ccccc3-c3ncccn3)C2)c1.CC(C)Oc1ccnc(O[C@@H]2CC[C@@H](C)NC2)c1.O=C(O)c1ccccc1-c1ncccn1. The predicted molar refractivity (Wildman–Crippen MR) is 247 cm³/mol. The van der Waals surface area contributed by atoms with Crippen molar-refractivity contribution in [1.82, 2.24) is 40.1 Å². The van der Waals surface area contributed by atoms with Gasteiger partial charge in [0.1, 0.15) is 23.7 Å². The summed E-state index contributed by atoms with van der Waals surface area (Å²) in [7, 11) is 0. The number of piperidine rings is 2. The van der Waals surface area contributed by atoms with Crippen LogP contribution in [0.1, 0.15) is 87.9 Å². The van der Waals surface area contributed by atoms with E-state index in [9.17, 15) is 9.59 Å². The zero-order valence-electron chi connectivity index (χ0n) is 37.8. The summed E-state index contributed by atoms with van der Waals surface area (Å²) in [5, 5.41) is 12.4. The van der Waals surface area contributed by atoms with Gasteiger partial charge in [-0.25, -0.2) is 34.7 Å². The lowest BCUT2D eigenvalue weighted by atomic mass is 9.98. The number of carbonyl (C=O) groups excluding carboxylic acids is 1. The van der Waals surface area contributed by atoms with Gasteiger partial charge in [-0.3, -0.25) is 4.79 Å². The van der Waals surface area contributed by atoms with Crippen molar-refractivity contribution < 1.29 is 33.6 Å². The number of aromatic carboxylic acids is 1. The highest BCUT2D eigenvalue weighted by Crippen LogP contribution is 2.28. The maximum Gasteiger partial charge on any atom is 0.336 e. The second kappa shape index (κ2) is 23.6. The molecule has 0 radical (unpaired) electrons. The molecule has 1 amide bonds. The number of nitrogens with one attached hydrogen (secondary N) is 1. The summed E-state index contributed by atoms with van der Waals surface area (Å²) in [6.07, 6.45) is 14.2. The first-order valence-corrected chi connectivity index (χ1v) is 22.0. The molecule has 15 heteroatoms. The van der Waals surface area contributed by atoms with Crippen LogP contribution in [0.5, 0.6) is 23.3 Å². The van der Waals surface area contributed by atoms with Gasteiger partial charge < -0.3 is 34.3 Å². The van der Waals surface area contributed by atoms with Gasteiger partial charge in [0.05, 0.1) is 29.9 Å². The molecule has 4 atom stereocenters. The second-order valence-corrected chi connectivity index (χ2v) is 16.3. The Morgan fingerprint density at radius 1 is 0.615 bits per heavy atom. The van der Waals surface area contributed by atoms with Crippen LogP contribution >= 0.6 is 0 Å². The summed E-state index contributed by atoms with van der Waals surface area (Å²) < 4.78 is 23.4. The lowest BCUT2D eigenvalue weighted by Crippen LogP contribution is -2.49. The van der Waals surface area contributed by atoms with Crippen LogP contribution in [0.15, 0.2) is 122 Å². The molecule has 15 nitrogen and oxygen atoms in total. The van der Waals surface area contributed by atoms with Crippen LogP contribution < -0.4 is 24.3 Å². The number of ether oxygens (including phenoxy) is 4. The summed E-state index contributed by atoms with van der Waals surface area (Å²) in [5.41, 5.74) is 2.07. The van der Waals surface area contributed by atoms with E-state index < -0.39 is 5.97 Å². The van der Waals surface area contributed by atoms with Crippen molar-refractivity contribution in [2.75, 3.05) is 13.1 Å². The highest BCUT2D eigenvalue weighted by atomic mass is 16.5. The van der Waals surface area contributed by atoms with Crippen molar-refractivity contribution in [2.45, 2.75) is 104 Å². The van der Waals surface area contributed by atoms with Gasteiger partial charge in [0, 0.05) is 79.1 Å². The third-order valence-corrected chi connectivity index (χ3v) is 10.4. The minimum Gasteiger partial charge on any atom is -0.491 e. The number of carboxylic acids is 1. The summed E-state index contributed by atoms with van der Waals surface area (Å²) in [6.45, 7) is 13.6. The summed E-state index contributed by atoms with van der Waals surface area (Å²) >= 11 is 0. The van der Waals surface area contributed by atoms with Crippen LogP contribution in [0.2, 0.25) is 0 Å². The summed E-state index contributed by atoms with van der Waals surface area (Å²) in [4.78, 5) is 51.6. The predicted octanol–water partition coefficient (Wildman–Crippen LogP) is 8.63. The molecule has 0 saturated carbocycles. The number of likely N-dealkylation sites (tertiary alicyclic amines) is 1. The number of nitrogens with zero attached hydrogens (tertiary/aromatic N) is 7. The third kappa shape index (κ3) is 14.2. The van der Waals surface area contributed by atoms with Crippen molar-refractivity contribution in [3.8, 4) is 46.0 Å². The topological polar surface area (TPSA) is 184 Å². The standard InChI is InChI=1S/C25H28N4O3.C14H22N2O2.C11H8N2O2/c1-17(2)31-19-11-14-26-23(15-19)32-20-10-9-18(3)29(16-20)25(30)22-8-5-4-7-21(22)24-27-12-6-13-28-24;1-10(2)17-12-6-7-15-14(8-12)18-13-5-4-11(3)16-9-13;14-11(15)9-5-2-1-4-8(9)10-12-6-3-7-13-10/h4-8,11-15,17-18,20H,9-10,16H2,1-3H3;6-8,10-11,13,16H,4-5,9H2,1-3H3;1-7H,(H,14,15)/t18-,20-;11-,13-;/m11./s1. The molecule has 2 N–H and O–H groups in total. The zero-order chi connectivity index (χ0) is 46.1. The maximum absolute atomic E-state index is 13.6. The Balaban J connectivity index is 0.000000178. The number of rotatable bonds is 12. The fraction of sp³-hybridized carbons (Fsp3) is 0.360. The number of carbonyl (C=O) groups is 2. The van der Waals surface area contributed by atoms with Crippen molar-refractivity contribution in [1.29, 1.82) is 0 Å². The molecule has 8 rings (SSSR count). The van der Waals surface area contributed by atoms with Gasteiger partial charge in [-0.15, -0.1) is 0 Å². The first-order chi connectivity index (χ1) is 31.4. The van der Waals surface area contributed by atoms with Crippen molar-refractivity contribution >= 4 is 11.9 Å². The molecule has 340 valence electrons. The quantitative estimate of drug-likeness (QED) is 0.119. The molecule has 2 fully saturated rings. The van der Waals surface area contributed by atoms with Gasteiger partial charge in [0.15, 0.2) is 11.6 Å². The highest BCUT2D eigenvalue weighted by molar-refractivity contribution is 6.00. The monoisotopic (exact) mass is 882 g/mol. The van der Waals surface area contributed by atoms with Gasteiger partial charge >= 0.3 is 5.97 Å². The second-order valence-electron chi connectivity index (χ2n) is 16.3. The fourth-order valence-corrected chi connectivity index (χ4v) is 7.23. The summed E-state index contributed by atoms with van der Waals surface area (Å²) in [6, 6.07) is 25.6. The number of amides is 1. The van der Waals surface area contributed by atoms with Gasteiger partial charge in [0.2, 0.25) is 11.8 Å². The van der Waals surface area contributed by atoms with E-state index in [4.69, 9.17) is 24.1 Å². The van der Waals surface area contributed by atoms with Gasteiger partial charge in [0.25, 0.3) is 5.91 Å². The van der Waals surface area contributed by atoms with E-state index in [-0.39, 0.29) is 41.9 Å². The molecule has 2 aromatic carbocycles. The lowest BCUT2D eigenvalue weighted by molar-refractivity contribution is 0.0372. The number of aromatic nitrogens is 6. The van der Waals surface area contributed by atoms with E-state index in [1.165, 1.54) is 6.07 Å². The molecule has 6 aromatic rings. The third-order valence-electron chi connectivity index (χ3n) is 10.4. The molecule has 2 aliphatic heterocycles. The van der Waals surface area contributed by atoms with Crippen LogP contribution in [0.25, 0.3) is 22.8 Å². The molecule has 2 saturated heterocycles. The van der Waals surface area contributed by atoms with E-state index in [1.54, 1.807) is 73.6 Å². The van der Waals surface area contributed by atoms with Crippen LogP contribution in [0.3, 0.4) is 0 Å². The van der Waals surface area contributed by atoms with Gasteiger partial charge in [-0.05, 0) is 104 Å². The largest absolute Gasteiger partial charge is 0.491 e. The van der Waals surface area contributed by atoms with E-state index in [1.807, 2.05) is 75.1 Å². The lowest BCUT2D eigenvalue weighted by Gasteiger charge is -2.38. The zero-order valence-corrected chi connectivity index (χ0v) is 37.8. The highest BCUT2D eigenvalue weighted by Gasteiger charge is 2.32. The van der Waals surface area contributed by atoms with Crippen LogP contribution in [-0.2, 0) is 0 Å². The Bertz CT molecular complexity index is 2420. The number of carboxylic acid groups (broad SMARTS) is 1. The Labute approximate surface area is 380 Å². The van der Waals surface area contributed by atoms with Crippen LogP contribution in [-0.4, -0.2) is 101 Å². The Kier molecular flexibility index (Phi) is 17.3. The average molecular weight is 883 g/mol. The minimum atomic E-state index is -0.974. The molecule has 65 heavy (non-hydrogen) atoms. The molecule has 0 bridgehead atoms. The summed E-state index contributed by atoms with van der Waals surface area (Å²) in [5.74, 6) is 2.64. The molecular weight excluding hydrogens is 825 g/mol.